The van der Waals surface area contributed by atoms with E-state index in [0.717, 1.165) is 18.9 Å². The van der Waals surface area contributed by atoms with E-state index in [1.807, 2.05) is 0 Å². The normalized spacial score (nSPS) is 18.0. The van der Waals surface area contributed by atoms with Crippen LogP contribution in [0.15, 0.2) is 28.8 Å². The second-order valence-corrected chi connectivity index (χ2v) is 7.15. The third kappa shape index (κ3) is 4.34. The molecule has 1 aliphatic rings. The Kier molecular flexibility index (Phi) is 5.58. The summed E-state index contributed by atoms with van der Waals surface area (Å²) < 4.78 is 44.5. The summed E-state index contributed by atoms with van der Waals surface area (Å²) in [5.74, 6) is 0.579. The molecule has 0 unspecified atom stereocenters. The number of amides is 1. The van der Waals surface area contributed by atoms with Crippen molar-refractivity contribution in [1.82, 2.24) is 10.1 Å². The van der Waals surface area contributed by atoms with Gasteiger partial charge in [0.2, 0.25) is 0 Å². The number of hydrogen-bond acceptors (Lipinski definition) is 3. The molecule has 2 heterocycles. The maximum atomic E-state index is 13.1. The molecule has 0 saturated carbocycles. The fraction of sp³-hybridized carbons (Fsp3) is 0.500. The number of alkyl halides is 3. The second-order valence-electron chi connectivity index (χ2n) is 7.15. The van der Waals surface area contributed by atoms with Crippen molar-refractivity contribution in [2.24, 2.45) is 5.92 Å². The van der Waals surface area contributed by atoms with Crippen molar-refractivity contribution in [1.29, 1.82) is 0 Å². The molecule has 3 rings (SSSR count). The SMILES string of the molecule is Cc1noc(C)c1C(=O)N1CCC[C@H](CCc2ccccc2C(F)(F)F)C1. The molecule has 27 heavy (non-hydrogen) atoms. The molecular weight excluding hydrogens is 357 g/mol. The van der Waals surface area contributed by atoms with Gasteiger partial charge in [-0.1, -0.05) is 23.4 Å². The highest BCUT2D eigenvalue weighted by atomic mass is 19.4. The highest BCUT2D eigenvalue weighted by Crippen LogP contribution is 2.33. The smallest absolute Gasteiger partial charge is 0.361 e. The number of piperidine rings is 1. The molecule has 0 N–H and O–H groups in total. The van der Waals surface area contributed by atoms with Crippen LogP contribution in [0.3, 0.4) is 0 Å². The molecule has 4 nitrogen and oxygen atoms in total. The third-order valence-electron chi connectivity index (χ3n) is 5.20. The standard InChI is InChI=1S/C20H23F3N2O2/c1-13-18(14(2)27-24-13)19(26)25-11-5-6-15(12-25)9-10-16-7-3-4-8-17(16)20(21,22)23/h3-4,7-8,15H,5-6,9-12H2,1-2H3/t15-/m1/s1. The van der Waals surface area contributed by atoms with Gasteiger partial charge in [0, 0.05) is 13.1 Å². The van der Waals surface area contributed by atoms with Crippen LogP contribution >= 0.6 is 0 Å². The Bertz CT molecular complexity index is 794. The fourth-order valence-electron chi connectivity index (χ4n) is 3.81. The molecule has 1 aromatic heterocycles. The molecule has 1 aromatic carbocycles. The first-order chi connectivity index (χ1) is 12.8. The van der Waals surface area contributed by atoms with Crippen molar-refractivity contribution >= 4 is 5.91 Å². The van der Waals surface area contributed by atoms with Gasteiger partial charge in [0.05, 0.1) is 11.3 Å². The molecule has 0 bridgehead atoms. The average Bonchev–Trinajstić information content (AvgIpc) is 2.97. The monoisotopic (exact) mass is 380 g/mol. The van der Waals surface area contributed by atoms with Crippen molar-refractivity contribution in [3.05, 3.63) is 52.4 Å². The maximum absolute atomic E-state index is 13.1. The number of hydrogen-bond donors (Lipinski definition) is 0. The van der Waals surface area contributed by atoms with E-state index in [-0.39, 0.29) is 11.8 Å². The largest absolute Gasteiger partial charge is 0.416 e. The van der Waals surface area contributed by atoms with E-state index in [1.165, 1.54) is 6.07 Å². The number of nitrogens with zero attached hydrogens (tertiary/aromatic N) is 2. The van der Waals surface area contributed by atoms with Crippen LogP contribution in [0.5, 0.6) is 0 Å². The van der Waals surface area contributed by atoms with Crippen molar-refractivity contribution in [3.8, 4) is 0 Å². The summed E-state index contributed by atoms with van der Waals surface area (Å²) in [5, 5.41) is 3.83. The minimum Gasteiger partial charge on any atom is -0.361 e. The van der Waals surface area contributed by atoms with Crippen molar-refractivity contribution in [2.75, 3.05) is 13.1 Å². The summed E-state index contributed by atoms with van der Waals surface area (Å²) in [7, 11) is 0. The zero-order chi connectivity index (χ0) is 19.6. The Labute approximate surface area is 156 Å². The lowest BCUT2D eigenvalue weighted by Gasteiger charge is -2.33. The molecule has 146 valence electrons. The molecule has 1 atom stereocenters. The number of carbonyl (C=O) groups is 1. The van der Waals surface area contributed by atoms with E-state index in [1.54, 1.807) is 30.9 Å². The number of carbonyl (C=O) groups excluding carboxylic acids is 1. The van der Waals surface area contributed by atoms with E-state index in [2.05, 4.69) is 5.16 Å². The fourth-order valence-corrected chi connectivity index (χ4v) is 3.81. The van der Waals surface area contributed by atoms with Crippen LogP contribution in [0.25, 0.3) is 0 Å². The summed E-state index contributed by atoms with van der Waals surface area (Å²) >= 11 is 0. The maximum Gasteiger partial charge on any atom is 0.416 e. The van der Waals surface area contributed by atoms with E-state index >= 15 is 0 Å². The molecular formula is C20H23F3N2O2. The zero-order valence-electron chi connectivity index (χ0n) is 15.5. The van der Waals surface area contributed by atoms with Crippen molar-refractivity contribution in [2.45, 2.75) is 45.7 Å². The molecule has 1 saturated heterocycles. The second kappa shape index (κ2) is 7.74. The number of aryl methyl sites for hydroxylation is 3. The Morgan fingerprint density at radius 2 is 2.04 bits per heavy atom. The molecule has 0 spiro atoms. The predicted octanol–water partition coefficient (Wildman–Crippen LogP) is 4.80. The van der Waals surface area contributed by atoms with Gasteiger partial charge >= 0.3 is 6.18 Å². The Morgan fingerprint density at radius 1 is 1.30 bits per heavy atom. The minimum absolute atomic E-state index is 0.105. The highest BCUT2D eigenvalue weighted by Gasteiger charge is 2.33. The first-order valence-corrected chi connectivity index (χ1v) is 9.14. The summed E-state index contributed by atoms with van der Waals surface area (Å²) in [6.07, 6.45) is -1.60. The third-order valence-corrected chi connectivity index (χ3v) is 5.20. The van der Waals surface area contributed by atoms with Crippen LogP contribution in [0, 0.1) is 19.8 Å². The molecule has 2 aromatic rings. The number of likely N-dealkylation sites (tertiary alicyclic amines) is 1. The van der Waals surface area contributed by atoms with Gasteiger partial charge in [0.25, 0.3) is 5.91 Å². The Morgan fingerprint density at radius 3 is 2.70 bits per heavy atom. The van der Waals surface area contributed by atoms with Crippen LogP contribution in [0.4, 0.5) is 13.2 Å². The lowest BCUT2D eigenvalue weighted by Crippen LogP contribution is -2.40. The Hall–Kier alpha value is -2.31. The van der Waals surface area contributed by atoms with Crippen molar-refractivity contribution < 1.29 is 22.5 Å². The van der Waals surface area contributed by atoms with E-state index < -0.39 is 11.7 Å². The quantitative estimate of drug-likeness (QED) is 0.766. The average molecular weight is 380 g/mol. The lowest BCUT2D eigenvalue weighted by atomic mass is 9.90. The summed E-state index contributed by atoms with van der Waals surface area (Å²) in [6, 6.07) is 5.72. The minimum atomic E-state index is -4.34. The zero-order valence-corrected chi connectivity index (χ0v) is 15.5. The summed E-state index contributed by atoms with van der Waals surface area (Å²) in [5.41, 5.74) is 0.820. The highest BCUT2D eigenvalue weighted by molar-refractivity contribution is 5.96. The predicted molar refractivity (Wildman–Crippen MR) is 94.4 cm³/mol. The first-order valence-electron chi connectivity index (χ1n) is 9.14. The topological polar surface area (TPSA) is 46.3 Å². The van der Waals surface area contributed by atoms with Crippen LogP contribution in [0.2, 0.25) is 0 Å². The summed E-state index contributed by atoms with van der Waals surface area (Å²) in [6.45, 7) is 4.65. The number of rotatable bonds is 4. The number of halogens is 3. The van der Waals surface area contributed by atoms with E-state index in [0.29, 0.717) is 48.5 Å². The first kappa shape index (κ1) is 19.5. The van der Waals surface area contributed by atoms with Gasteiger partial charge in [-0.15, -0.1) is 0 Å². The van der Waals surface area contributed by atoms with E-state index in [4.69, 9.17) is 4.52 Å². The molecule has 7 heteroatoms. The van der Waals surface area contributed by atoms with Gasteiger partial charge in [0.15, 0.2) is 0 Å². The van der Waals surface area contributed by atoms with Gasteiger partial charge in [0.1, 0.15) is 11.3 Å². The van der Waals surface area contributed by atoms with Crippen LogP contribution < -0.4 is 0 Å². The van der Waals surface area contributed by atoms with Gasteiger partial charge in [-0.3, -0.25) is 4.79 Å². The summed E-state index contributed by atoms with van der Waals surface area (Å²) in [4.78, 5) is 14.6. The molecule has 1 amide bonds. The van der Waals surface area contributed by atoms with Gasteiger partial charge in [-0.25, -0.2) is 0 Å². The van der Waals surface area contributed by atoms with Gasteiger partial charge in [-0.2, -0.15) is 13.2 Å². The molecule has 0 aliphatic carbocycles. The van der Waals surface area contributed by atoms with Crippen molar-refractivity contribution in [3.63, 3.8) is 0 Å². The van der Waals surface area contributed by atoms with E-state index in [9.17, 15) is 18.0 Å². The molecule has 0 radical (unpaired) electrons. The number of aromatic nitrogens is 1. The van der Waals surface area contributed by atoms with Crippen LogP contribution in [-0.2, 0) is 12.6 Å². The van der Waals surface area contributed by atoms with Crippen LogP contribution in [0.1, 0.15) is 52.2 Å². The Balaban J connectivity index is 1.65. The molecule has 1 aliphatic heterocycles. The lowest BCUT2D eigenvalue weighted by molar-refractivity contribution is -0.138. The van der Waals surface area contributed by atoms with Crippen LogP contribution in [-0.4, -0.2) is 29.1 Å². The molecule has 1 fully saturated rings. The van der Waals surface area contributed by atoms with Gasteiger partial charge in [-0.05, 0) is 57.1 Å². The van der Waals surface area contributed by atoms with Gasteiger partial charge < -0.3 is 9.42 Å². The number of benzene rings is 1.